The molecule has 2 N–H and O–H groups in total. The summed E-state index contributed by atoms with van der Waals surface area (Å²) in [6.45, 7) is 1.88. The maximum atomic E-state index is 11.7. The Balaban J connectivity index is 2.12. The quantitative estimate of drug-likeness (QED) is 0.368. The van der Waals surface area contributed by atoms with Gasteiger partial charge in [0, 0.05) is 12.1 Å². The first-order valence-corrected chi connectivity index (χ1v) is 6.49. The predicted octanol–water partition coefficient (Wildman–Crippen LogP) is 0.840. The van der Waals surface area contributed by atoms with E-state index in [4.69, 9.17) is 4.74 Å². The number of nitrogens with zero attached hydrogens (tertiary/aromatic N) is 1. The van der Waals surface area contributed by atoms with Gasteiger partial charge in [-0.25, -0.2) is 5.43 Å². The first-order valence-electron chi connectivity index (χ1n) is 6.49. The van der Waals surface area contributed by atoms with Crippen LogP contribution in [0.15, 0.2) is 24.3 Å². The standard InChI is InChI=1S/C13H15N3O5/c1-2-21-13(18)10-7-11(14-15-12(10)17)8-3-5-9(6-4-8)16(19)20/h3-6,10-11,14H,2,7H2,1H3,(H,15,17). The molecule has 1 aromatic carbocycles. The molecule has 1 aliphatic heterocycles. The van der Waals surface area contributed by atoms with Gasteiger partial charge in [-0.2, -0.15) is 0 Å². The van der Waals surface area contributed by atoms with Gasteiger partial charge in [-0.3, -0.25) is 25.1 Å². The average Bonchev–Trinajstić information content (AvgIpc) is 2.48. The van der Waals surface area contributed by atoms with Crippen molar-refractivity contribution in [2.24, 2.45) is 5.92 Å². The molecule has 8 heteroatoms. The van der Waals surface area contributed by atoms with Crippen LogP contribution in [-0.2, 0) is 14.3 Å². The molecule has 0 saturated carbocycles. The largest absolute Gasteiger partial charge is 0.465 e. The molecule has 1 fully saturated rings. The third kappa shape index (κ3) is 3.34. The minimum Gasteiger partial charge on any atom is -0.465 e. The zero-order chi connectivity index (χ0) is 15.4. The van der Waals surface area contributed by atoms with Crippen LogP contribution in [0.2, 0.25) is 0 Å². The van der Waals surface area contributed by atoms with Crippen LogP contribution < -0.4 is 10.9 Å². The molecule has 2 unspecified atom stereocenters. The van der Waals surface area contributed by atoms with Gasteiger partial charge in [-0.15, -0.1) is 0 Å². The Morgan fingerprint density at radius 3 is 2.67 bits per heavy atom. The first-order chi connectivity index (χ1) is 10.0. The molecule has 1 aliphatic rings. The number of non-ortho nitro benzene ring substituents is 1. The third-order valence-corrected chi connectivity index (χ3v) is 3.23. The minimum atomic E-state index is -0.883. The predicted molar refractivity (Wildman–Crippen MR) is 71.9 cm³/mol. The maximum Gasteiger partial charge on any atom is 0.318 e. The molecule has 0 aliphatic carbocycles. The lowest BCUT2D eigenvalue weighted by Crippen LogP contribution is -2.51. The number of hydrogen-bond acceptors (Lipinski definition) is 6. The van der Waals surface area contributed by atoms with E-state index in [1.807, 2.05) is 0 Å². The first kappa shape index (κ1) is 14.9. The zero-order valence-corrected chi connectivity index (χ0v) is 11.4. The van der Waals surface area contributed by atoms with E-state index >= 15 is 0 Å². The fourth-order valence-electron chi connectivity index (χ4n) is 2.14. The number of hydrogen-bond donors (Lipinski definition) is 2. The van der Waals surface area contributed by atoms with E-state index in [1.165, 1.54) is 12.1 Å². The number of esters is 1. The second-order valence-corrected chi connectivity index (χ2v) is 4.58. The van der Waals surface area contributed by atoms with Crippen LogP contribution in [0.1, 0.15) is 24.9 Å². The summed E-state index contributed by atoms with van der Waals surface area (Å²) in [5, 5.41) is 10.6. The molecule has 1 saturated heterocycles. The average molecular weight is 293 g/mol. The molecule has 2 rings (SSSR count). The Kier molecular flexibility index (Phi) is 4.49. The molecule has 112 valence electrons. The van der Waals surface area contributed by atoms with Gasteiger partial charge >= 0.3 is 5.97 Å². The number of hydrazine groups is 1. The number of carbonyl (C=O) groups excluding carboxylic acids is 2. The molecular formula is C13H15N3O5. The van der Waals surface area contributed by atoms with Crippen molar-refractivity contribution in [2.45, 2.75) is 19.4 Å². The number of benzene rings is 1. The maximum absolute atomic E-state index is 11.7. The molecule has 0 spiro atoms. The van der Waals surface area contributed by atoms with E-state index in [0.717, 1.165) is 5.56 Å². The second kappa shape index (κ2) is 6.31. The van der Waals surface area contributed by atoms with E-state index in [0.29, 0.717) is 0 Å². The van der Waals surface area contributed by atoms with Crippen LogP contribution in [-0.4, -0.2) is 23.4 Å². The lowest BCUT2D eigenvalue weighted by Gasteiger charge is -2.29. The van der Waals surface area contributed by atoms with Crippen molar-refractivity contribution in [3.63, 3.8) is 0 Å². The fraction of sp³-hybridized carbons (Fsp3) is 0.385. The van der Waals surface area contributed by atoms with Gasteiger partial charge in [-0.1, -0.05) is 12.1 Å². The Morgan fingerprint density at radius 1 is 1.43 bits per heavy atom. The van der Waals surface area contributed by atoms with Gasteiger partial charge in [-0.05, 0) is 18.9 Å². The van der Waals surface area contributed by atoms with Crippen LogP contribution in [0.5, 0.6) is 0 Å². The minimum absolute atomic E-state index is 0.0134. The third-order valence-electron chi connectivity index (χ3n) is 3.23. The topological polar surface area (TPSA) is 111 Å². The summed E-state index contributed by atoms with van der Waals surface area (Å²) >= 11 is 0. The monoisotopic (exact) mass is 293 g/mol. The van der Waals surface area contributed by atoms with Gasteiger partial charge in [0.15, 0.2) is 0 Å². The molecule has 1 heterocycles. The van der Waals surface area contributed by atoms with Crippen molar-refractivity contribution >= 4 is 17.6 Å². The van der Waals surface area contributed by atoms with Crippen LogP contribution in [0.4, 0.5) is 5.69 Å². The summed E-state index contributed by atoms with van der Waals surface area (Å²) in [6.07, 6.45) is 0.239. The van der Waals surface area contributed by atoms with Gasteiger partial charge < -0.3 is 4.74 Å². The van der Waals surface area contributed by atoms with E-state index in [2.05, 4.69) is 10.9 Å². The van der Waals surface area contributed by atoms with Crippen LogP contribution >= 0.6 is 0 Å². The lowest BCUT2D eigenvalue weighted by molar-refractivity contribution is -0.384. The van der Waals surface area contributed by atoms with Crippen molar-refractivity contribution in [2.75, 3.05) is 6.61 Å². The van der Waals surface area contributed by atoms with Gasteiger partial charge in [0.05, 0.1) is 17.6 Å². The van der Waals surface area contributed by atoms with E-state index in [1.54, 1.807) is 19.1 Å². The highest BCUT2D eigenvalue weighted by Crippen LogP contribution is 2.26. The Labute approximate surface area is 120 Å². The fourth-order valence-corrected chi connectivity index (χ4v) is 2.14. The molecule has 21 heavy (non-hydrogen) atoms. The molecule has 1 amide bonds. The molecule has 8 nitrogen and oxygen atoms in total. The Hall–Kier alpha value is -2.48. The highest BCUT2D eigenvalue weighted by Gasteiger charge is 2.35. The number of nitrogens with one attached hydrogen (secondary N) is 2. The SMILES string of the molecule is CCOC(=O)C1CC(c2ccc([N+](=O)[O-])cc2)NNC1=O. The van der Waals surface area contributed by atoms with Crippen LogP contribution in [0.3, 0.4) is 0 Å². The van der Waals surface area contributed by atoms with Crippen molar-refractivity contribution < 1.29 is 19.2 Å². The number of rotatable bonds is 4. The van der Waals surface area contributed by atoms with Crippen molar-refractivity contribution in [3.05, 3.63) is 39.9 Å². The molecule has 0 bridgehead atoms. The molecular weight excluding hydrogens is 278 g/mol. The number of nitro benzene ring substituents is 1. The highest BCUT2D eigenvalue weighted by atomic mass is 16.6. The number of carbonyl (C=O) groups is 2. The summed E-state index contributed by atoms with van der Waals surface area (Å²) in [6, 6.07) is 5.64. The molecule has 1 aromatic rings. The van der Waals surface area contributed by atoms with Gasteiger partial charge in [0.2, 0.25) is 5.91 Å². The summed E-state index contributed by atoms with van der Waals surface area (Å²) in [5.74, 6) is -1.89. The summed E-state index contributed by atoms with van der Waals surface area (Å²) in [5.41, 5.74) is 5.95. The van der Waals surface area contributed by atoms with Crippen LogP contribution in [0, 0.1) is 16.0 Å². The molecule has 0 aromatic heterocycles. The van der Waals surface area contributed by atoms with E-state index < -0.39 is 22.7 Å². The zero-order valence-electron chi connectivity index (χ0n) is 11.4. The van der Waals surface area contributed by atoms with Gasteiger partial charge in [0.1, 0.15) is 5.92 Å². The number of nitro groups is 1. The van der Waals surface area contributed by atoms with Gasteiger partial charge in [0.25, 0.3) is 5.69 Å². The second-order valence-electron chi connectivity index (χ2n) is 4.58. The number of ether oxygens (including phenoxy) is 1. The smallest absolute Gasteiger partial charge is 0.318 e. The van der Waals surface area contributed by atoms with E-state index in [-0.39, 0.29) is 24.8 Å². The lowest BCUT2D eigenvalue weighted by atomic mass is 9.92. The normalized spacial score (nSPS) is 21.5. The molecule has 0 radical (unpaired) electrons. The van der Waals surface area contributed by atoms with Crippen molar-refractivity contribution in [3.8, 4) is 0 Å². The number of amides is 1. The van der Waals surface area contributed by atoms with Crippen molar-refractivity contribution in [1.82, 2.24) is 10.9 Å². The van der Waals surface area contributed by atoms with E-state index in [9.17, 15) is 19.7 Å². The summed E-state index contributed by atoms with van der Waals surface area (Å²) in [7, 11) is 0. The highest BCUT2D eigenvalue weighted by molar-refractivity contribution is 5.98. The summed E-state index contributed by atoms with van der Waals surface area (Å²) < 4.78 is 4.87. The Morgan fingerprint density at radius 2 is 2.10 bits per heavy atom. The van der Waals surface area contributed by atoms with Crippen molar-refractivity contribution in [1.29, 1.82) is 0 Å². The Bertz CT molecular complexity index is 557. The molecule has 2 atom stereocenters. The summed E-state index contributed by atoms with van der Waals surface area (Å²) in [4.78, 5) is 33.5. The van der Waals surface area contributed by atoms with Crippen LogP contribution in [0.25, 0.3) is 0 Å².